The van der Waals surface area contributed by atoms with Crippen LogP contribution >= 0.6 is 0 Å². The van der Waals surface area contributed by atoms with Crippen molar-refractivity contribution in [2.24, 2.45) is 0 Å². The number of carbonyl (C=O) groups excluding carboxylic acids is 1. The van der Waals surface area contributed by atoms with Crippen LogP contribution in [0, 0.1) is 0 Å². The second-order valence-electron chi connectivity index (χ2n) is 2.20. The van der Waals surface area contributed by atoms with Crippen LogP contribution in [0.4, 0.5) is 0 Å². The van der Waals surface area contributed by atoms with Crippen molar-refractivity contribution in [2.75, 3.05) is 13.7 Å². The van der Waals surface area contributed by atoms with Crippen LogP contribution in [-0.2, 0) is 9.53 Å². The topological polar surface area (TPSA) is 38.3 Å². The van der Waals surface area contributed by atoms with Crippen molar-refractivity contribution in [1.82, 2.24) is 5.32 Å². The first-order valence-electron chi connectivity index (χ1n) is 3.53. The van der Waals surface area contributed by atoms with Crippen LogP contribution in [0.1, 0.15) is 20.3 Å². The van der Waals surface area contributed by atoms with Gasteiger partial charge in [0.2, 0.25) is 0 Å². The fourth-order valence-corrected chi connectivity index (χ4v) is 0.572. The van der Waals surface area contributed by atoms with E-state index >= 15 is 0 Å². The molecule has 0 saturated heterocycles. The Balaban J connectivity index is 3.37. The summed E-state index contributed by atoms with van der Waals surface area (Å²) in [6.45, 7) is 4.22. The van der Waals surface area contributed by atoms with E-state index in [-0.39, 0.29) is 12.0 Å². The van der Waals surface area contributed by atoms with Gasteiger partial charge in [0.05, 0.1) is 13.0 Å². The predicted octanol–water partition coefficient (Wildman–Crippen LogP) is 0.547. The van der Waals surface area contributed by atoms with E-state index in [0.717, 1.165) is 0 Å². The summed E-state index contributed by atoms with van der Waals surface area (Å²) in [6, 6.07) is 0.207. The number of rotatable bonds is 4. The number of ether oxygens (including phenoxy) is 1. The Morgan fingerprint density at radius 1 is 1.70 bits per heavy atom. The van der Waals surface area contributed by atoms with Crippen LogP contribution in [-0.4, -0.2) is 25.7 Å². The van der Waals surface area contributed by atoms with Gasteiger partial charge in [0.25, 0.3) is 0 Å². The molecule has 0 aromatic heterocycles. The van der Waals surface area contributed by atoms with E-state index in [0.29, 0.717) is 13.0 Å². The summed E-state index contributed by atoms with van der Waals surface area (Å²) in [5.41, 5.74) is 0. The lowest BCUT2D eigenvalue weighted by Gasteiger charge is -2.07. The normalized spacial score (nSPS) is 12.7. The minimum absolute atomic E-state index is 0.135. The fourth-order valence-electron chi connectivity index (χ4n) is 0.572. The van der Waals surface area contributed by atoms with Gasteiger partial charge in [-0.3, -0.25) is 4.79 Å². The molecule has 0 heterocycles. The molecule has 60 valence electrons. The van der Waals surface area contributed by atoms with E-state index in [2.05, 4.69) is 5.32 Å². The summed E-state index contributed by atoms with van der Waals surface area (Å²) >= 11 is 0. The molecule has 1 unspecified atom stereocenters. The summed E-state index contributed by atoms with van der Waals surface area (Å²) in [4.78, 5) is 10.8. The Hall–Kier alpha value is -0.570. The molecule has 0 saturated carbocycles. The molecule has 0 aliphatic rings. The molecule has 0 aliphatic heterocycles. The van der Waals surface area contributed by atoms with Crippen molar-refractivity contribution < 1.29 is 9.53 Å². The molecule has 3 nitrogen and oxygen atoms in total. The zero-order chi connectivity index (χ0) is 7.98. The Morgan fingerprint density at radius 2 is 2.30 bits per heavy atom. The Bertz CT molecular complexity index is 104. The molecule has 0 bridgehead atoms. The number of carbonyl (C=O) groups is 1. The molecule has 0 rings (SSSR count). The fraction of sp³-hybridized carbons (Fsp3) is 0.857. The summed E-state index contributed by atoms with van der Waals surface area (Å²) in [6.07, 6.45) is 0.449. The molecule has 0 aromatic rings. The van der Waals surface area contributed by atoms with Gasteiger partial charge in [-0.1, -0.05) is 0 Å². The zero-order valence-corrected chi connectivity index (χ0v) is 6.81. The van der Waals surface area contributed by atoms with Gasteiger partial charge in [0.1, 0.15) is 0 Å². The van der Waals surface area contributed by atoms with Gasteiger partial charge in [-0.2, -0.15) is 0 Å². The van der Waals surface area contributed by atoms with E-state index in [1.54, 1.807) is 0 Å². The molecule has 1 atom stereocenters. The Labute approximate surface area is 61.8 Å². The van der Waals surface area contributed by atoms with Crippen LogP contribution < -0.4 is 5.32 Å². The summed E-state index contributed by atoms with van der Waals surface area (Å²) in [7, 11) is 1.82. The Morgan fingerprint density at radius 3 is 2.70 bits per heavy atom. The standard InChI is InChI=1S/C7H15NO2/c1-4-10-7(9)5-6(2)8-3/h6,8H,4-5H2,1-3H3. The van der Waals surface area contributed by atoms with E-state index in [1.807, 2.05) is 20.9 Å². The highest BCUT2D eigenvalue weighted by Crippen LogP contribution is 1.91. The van der Waals surface area contributed by atoms with Gasteiger partial charge in [-0.05, 0) is 20.9 Å². The van der Waals surface area contributed by atoms with Crippen LogP contribution in [0.2, 0.25) is 0 Å². The van der Waals surface area contributed by atoms with Gasteiger partial charge in [-0.15, -0.1) is 0 Å². The van der Waals surface area contributed by atoms with Crippen molar-refractivity contribution >= 4 is 5.97 Å². The van der Waals surface area contributed by atoms with Crippen molar-refractivity contribution in [3.8, 4) is 0 Å². The maximum absolute atomic E-state index is 10.8. The minimum Gasteiger partial charge on any atom is -0.466 e. The first-order chi connectivity index (χ1) is 4.70. The van der Waals surface area contributed by atoms with Gasteiger partial charge >= 0.3 is 5.97 Å². The van der Waals surface area contributed by atoms with Crippen molar-refractivity contribution in [3.63, 3.8) is 0 Å². The zero-order valence-electron chi connectivity index (χ0n) is 6.81. The molecule has 3 heteroatoms. The lowest BCUT2D eigenvalue weighted by atomic mass is 10.2. The highest BCUT2D eigenvalue weighted by Gasteiger charge is 2.05. The second kappa shape index (κ2) is 5.23. The summed E-state index contributed by atoms with van der Waals surface area (Å²) < 4.78 is 4.74. The number of hydrogen-bond donors (Lipinski definition) is 1. The SMILES string of the molecule is CCOC(=O)CC(C)NC. The molecule has 0 spiro atoms. The number of nitrogens with one attached hydrogen (secondary N) is 1. The van der Waals surface area contributed by atoms with Crippen molar-refractivity contribution in [1.29, 1.82) is 0 Å². The highest BCUT2D eigenvalue weighted by atomic mass is 16.5. The average molecular weight is 145 g/mol. The van der Waals surface area contributed by atoms with E-state index < -0.39 is 0 Å². The largest absolute Gasteiger partial charge is 0.466 e. The summed E-state index contributed by atoms with van der Waals surface area (Å²) in [5.74, 6) is -0.135. The maximum Gasteiger partial charge on any atom is 0.307 e. The molecular formula is C7H15NO2. The van der Waals surface area contributed by atoms with Gasteiger partial charge in [0.15, 0.2) is 0 Å². The number of hydrogen-bond acceptors (Lipinski definition) is 3. The highest BCUT2D eigenvalue weighted by molar-refractivity contribution is 5.69. The third kappa shape index (κ3) is 4.32. The lowest BCUT2D eigenvalue weighted by molar-refractivity contribution is -0.143. The minimum atomic E-state index is -0.135. The first-order valence-corrected chi connectivity index (χ1v) is 3.53. The molecule has 0 aliphatic carbocycles. The summed E-state index contributed by atoms with van der Waals surface area (Å²) in [5, 5.41) is 2.95. The van der Waals surface area contributed by atoms with Crippen LogP contribution in [0.15, 0.2) is 0 Å². The molecule has 10 heavy (non-hydrogen) atoms. The van der Waals surface area contributed by atoms with E-state index in [9.17, 15) is 4.79 Å². The molecule has 1 N–H and O–H groups in total. The van der Waals surface area contributed by atoms with Crippen LogP contribution in [0.3, 0.4) is 0 Å². The van der Waals surface area contributed by atoms with Crippen molar-refractivity contribution in [2.45, 2.75) is 26.3 Å². The third-order valence-electron chi connectivity index (χ3n) is 1.27. The Kier molecular flexibility index (Phi) is 4.94. The lowest BCUT2D eigenvalue weighted by Crippen LogP contribution is -2.25. The average Bonchev–Trinajstić information content (AvgIpc) is 1.88. The maximum atomic E-state index is 10.8. The van der Waals surface area contributed by atoms with Crippen LogP contribution in [0.25, 0.3) is 0 Å². The third-order valence-corrected chi connectivity index (χ3v) is 1.27. The van der Waals surface area contributed by atoms with Crippen LogP contribution in [0.5, 0.6) is 0 Å². The monoisotopic (exact) mass is 145 g/mol. The smallest absolute Gasteiger partial charge is 0.307 e. The van der Waals surface area contributed by atoms with Gasteiger partial charge < -0.3 is 10.1 Å². The predicted molar refractivity (Wildman–Crippen MR) is 39.8 cm³/mol. The molecule has 0 radical (unpaired) electrons. The molecule has 0 aromatic carbocycles. The van der Waals surface area contributed by atoms with E-state index in [4.69, 9.17) is 4.74 Å². The van der Waals surface area contributed by atoms with Crippen molar-refractivity contribution in [3.05, 3.63) is 0 Å². The molecule has 0 amide bonds. The first kappa shape index (κ1) is 9.43. The van der Waals surface area contributed by atoms with Gasteiger partial charge in [0, 0.05) is 6.04 Å². The van der Waals surface area contributed by atoms with E-state index in [1.165, 1.54) is 0 Å². The molecular weight excluding hydrogens is 130 g/mol. The quantitative estimate of drug-likeness (QED) is 0.587. The van der Waals surface area contributed by atoms with Gasteiger partial charge in [-0.25, -0.2) is 0 Å². The number of esters is 1. The molecule has 0 fully saturated rings. The second-order valence-corrected chi connectivity index (χ2v) is 2.20.